The highest BCUT2D eigenvalue weighted by Crippen LogP contribution is 2.32. The summed E-state index contributed by atoms with van der Waals surface area (Å²) in [6.45, 7) is 14.1. The molecule has 0 saturated carbocycles. The molecule has 0 amide bonds. The van der Waals surface area contributed by atoms with Crippen molar-refractivity contribution in [3.05, 3.63) is 0 Å². The van der Waals surface area contributed by atoms with Crippen LogP contribution in [-0.4, -0.2) is 33.6 Å². The SMILES string of the molecule is CC(B(C(C)[Si](C)N)C(C)[Si](C)N)[Si](C)N. The molecular weight excluding hydrogens is 245 g/mol. The minimum atomic E-state index is -0.745. The standard InChI is InChI=1S/C9H27BN3Si3/c1-7(14(4)11)10(8(2)15(5)12)9(3)16(6)13/h7-9H,11-13H2,1-6H3. The van der Waals surface area contributed by atoms with E-state index in [4.69, 9.17) is 16.2 Å². The van der Waals surface area contributed by atoms with Gasteiger partial charge >= 0.3 is 0 Å². The first-order valence-electron chi connectivity index (χ1n) is 5.96. The monoisotopic (exact) mass is 272 g/mol. The smallest absolute Gasteiger partial charge is 0.143 e. The molecule has 0 fully saturated rings. The fourth-order valence-electron chi connectivity index (χ4n) is 2.21. The molecule has 0 heterocycles. The lowest BCUT2D eigenvalue weighted by Crippen LogP contribution is -2.50. The van der Waals surface area contributed by atoms with Crippen molar-refractivity contribution in [2.24, 2.45) is 16.2 Å². The van der Waals surface area contributed by atoms with Crippen LogP contribution in [0.3, 0.4) is 0 Å². The lowest BCUT2D eigenvalue weighted by atomic mass is 9.42. The third kappa shape index (κ3) is 4.46. The summed E-state index contributed by atoms with van der Waals surface area (Å²) < 4.78 is 0. The van der Waals surface area contributed by atoms with Gasteiger partial charge in [0.05, 0.1) is 0 Å². The van der Waals surface area contributed by atoms with Crippen molar-refractivity contribution in [3.8, 4) is 0 Å². The third-order valence-corrected chi connectivity index (χ3v) is 9.35. The summed E-state index contributed by atoms with van der Waals surface area (Å²) in [6.07, 6.45) is 0. The maximum absolute atomic E-state index is 6.16. The molecule has 7 heteroatoms. The quantitative estimate of drug-likeness (QED) is 0.631. The van der Waals surface area contributed by atoms with Crippen molar-refractivity contribution in [2.45, 2.75) is 56.7 Å². The van der Waals surface area contributed by atoms with E-state index in [1.165, 1.54) is 0 Å². The van der Waals surface area contributed by atoms with Gasteiger partial charge in [-0.15, -0.1) is 0 Å². The van der Waals surface area contributed by atoms with Crippen molar-refractivity contribution in [3.63, 3.8) is 0 Å². The second-order valence-corrected chi connectivity index (χ2v) is 12.4. The number of nitrogens with two attached hydrogens (primary N) is 3. The maximum Gasteiger partial charge on any atom is 0.143 e. The first kappa shape index (κ1) is 16.6. The molecule has 6 N–H and O–H groups in total. The Labute approximate surface area is 107 Å². The minimum Gasteiger partial charge on any atom is -0.352 e. The first-order chi connectivity index (χ1) is 7.20. The van der Waals surface area contributed by atoms with Gasteiger partial charge in [0.15, 0.2) is 0 Å². The molecule has 0 aliphatic heterocycles. The molecule has 0 bridgehead atoms. The average molecular weight is 272 g/mol. The van der Waals surface area contributed by atoms with E-state index in [1.807, 2.05) is 0 Å². The van der Waals surface area contributed by atoms with Gasteiger partial charge in [0, 0.05) is 0 Å². The van der Waals surface area contributed by atoms with E-state index in [2.05, 4.69) is 40.4 Å². The van der Waals surface area contributed by atoms with Gasteiger partial charge in [-0.3, -0.25) is 0 Å². The van der Waals surface area contributed by atoms with Gasteiger partial charge in [0.25, 0.3) is 0 Å². The van der Waals surface area contributed by atoms with Crippen LogP contribution in [0.25, 0.3) is 0 Å². The summed E-state index contributed by atoms with van der Waals surface area (Å²) >= 11 is 0. The molecule has 0 aliphatic rings. The predicted molar refractivity (Wildman–Crippen MR) is 81.4 cm³/mol. The fourth-order valence-corrected chi connectivity index (χ4v) is 6.34. The highest BCUT2D eigenvalue weighted by atomic mass is 28.3. The molecule has 0 aliphatic carbocycles. The summed E-state index contributed by atoms with van der Waals surface area (Å²) in [6, 6.07) is 0. The van der Waals surface area contributed by atoms with Gasteiger partial charge < -0.3 is 16.2 Å². The Morgan fingerprint density at radius 2 is 0.875 bits per heavy atom. The molecule has 0 rings (SSSR count). The van der Waals surface area contributed by atoms with Crippen LogP contribution in [0.4, 0.5) is 0 Å². The van der Waals surface area contributed by atoms with E-state index in [0.29, 0.717) is 23.0 Å². The van der Waals surface area contributed by atoms with Gasteiger partial charge in [-0.05, 0) is 0 Å². The van der Waals surface area contributed by atoms with Gasteiger partial charge in [-0.25, -0.2) is 0 Å². The summed E-state index contributed by atoms with van der Waals surface area (Å²) in [4.78, 5) is 0. The molecule has 93 valence electrons. The molecule has 0 aromatic heterocycles. The van der Waals surface area contributed by atoms with Crippen LogP contribution in [0.1, 0.15) is 20.8 Å². The Morgan fingerprint density at radius 3 is 1.00 bits per heavy atom. The number of hydrogen-bond donors (Lipinski definition) is 3. The second kappa shape index (κ2) is 7.12. The molecule has 0 spiro atoms. The summed E-state index contributed by atoms with van der Waals surface area (Å²) in [5.74, 6) is 0. The highest BCUT2D eigenvalue weighted by molar-refractivity contribution is 6.92. The van der Waals surface area contributed by atoms with E-state index in [9.17, 15) is 0 Å². The van der Waals surface area contributed by atoms with Crippen LogP contribution >= 0.6 is 0 Å². The number of rotatable bonds is 6. The topological polar surface area (TPSA) is 78.1 Å². The molecule has 0 saturated heterocycles. The van der Waals surface area contributed by atoms with Crippen molar-refractivity contribution in [1.29, 1.82) is 0 Å². The molecular formula is C9H27BN3Si3. The van der Waals surface area contributed by atoms with Crippen molar-refractivity contribution in [2.75, 3.05) is 0 Å². The van der Waals surface area contributed by atoms with Crippen molar-refractivity contribution < 1.29 is 0 Å². The van der Waals surface area contributed by atoms with Crippen molar-refractivity contribution >= 4 is 33.6 Å². The zero-order valence-electron chi connectivity index (χ0n) is 11.5. The summed E-state index contributed by atoms with van der Waals surface area (Å²) in [5.41, 5.74) is 1.80. The van der Waals surface area contributed by atoms with Gasteiger partial charge in [0.2, 0.25) is 0 Å². The predicted octanol–water partition coefficient (Wildman–Crippen LogP) is 1.01. The van der Waals surface area contributed by atoms with E-state index >= 15 is 0 Å². The molecule has 0 aromatic carbocycles. The normalized spacial score (nSPS) is 18.0. The Kier molecular flexibility index (Phi) is 7.39. The lowest BCUT2D eigenvalue weighted by molar-refractivity contribution is 1.06. The second-order valence-electron chi connectivity index (χ2n) is 5.18. The van der Waals surface area contributed by atoms with Crippen LogP contribution < -0.4 is 16.2 Å². The fraction of sp³-hybridized carbons (Fsp3) is 1.00. The van der Waals surface area contributed by atoms with E-state index in [1.54, 1.807) is 0 Å². The van der Waals surface area contributed by atoms with Crippen LogP contribution in [0, 0.1) is 0 Å². The van der Waals surface area contributed by atoms with Crippen molar-refractivity contribution in [1.82, 2.24) is 0 Å². The largest absolute Gasteiger partial charge is 0.352 e. The molecule has 0 aromatic rings. The Bertz CT molecular complexity index is 171. The average Bonchev–Trinajstić information content (AvgIpc) is 2.16. The van der Waals surface area contributed by atoms with Gasteiger partial charge in [0.1, 0.15) is 33.6 Å². The lowest BCUT2D eigenvalue weighted by Gasteiger charge is -2.35. The van der Waals surface area contributed by atoms with Crippen LogP contribution in [0.15, 0.2) is 0 Å². The summed E-state index contributed by atoms with van der Waals surface area (Å²) in [5, 5.41) is 18.5. The van der Waals surface area contributed by atoms with E-state index in [0.717, 1.165) is 0 Å². The minimum absolute atomic E-state index is 0.599. The molecule has 3 unspecified atom stereocenters. The zero-order chi connectivity index (χ0) is 13.0. The van der Waals surface area contributed by atoms with Crippen LogP contribution in [0.2, 0.25) is 36.0 Å². The van der Waals surface area contributed by atoms with Gasteiger partial charge in [-0.1, -0.05) is 56.7 Å². The first-order valence-corrected chi connectivity index (χ1v) is 12.4. The molecule has 3 atom stereocenters. The van der Waals surface area contributed by atoms with Gasteiger partial charge in [-0.2, -0.15) is 0 Å². The maximum atomic E-state index is 6.16. The summed E-state index contributed by atoms with van der Waals surface area (Å²) in [7, 11) is -2.23. The molecule has 16 heavy (non-hydrogen) atoms. The Morgan fingerprint density at radius 1 is 0.688 bits per heavy atom. The zero-order valence-corrected chi connectivity index (χ0v) is 14.5. The van der Waals surface area contributed by atoms with E-state index in [-0.39, 0.29) is 0 Å². The number of hydrogen-bond acceptors (Lipinski definition) is 3. The molecule has 3 nitrogen and oxygen atoms in total. The molecule has 3 radical (unpaired) electrons. The van der Waals surface area contributed by atoms with Crippen LogP contribution in [0.5, 0.6) is 0 Å². The third-order valence-electron chi connectivity index (χ3n) is 3.89. The highest BCUT2D eigenvalue weighted by Gasteiger charge is 2.38. The Hall–Kier alpha value is 0.596. The Balaban J connectivity index is 4.89. The van der Waals surface area contributed by atoms with E-state index < -0.39 is 26.9 Å². The van der Waals surface area contributed by atoms with Crippen LogP contribution in [-0.2, 0) is 0 Å².